The highest BCUT2D eigenvalue weighted by Gasteiger charge is 2.09. The van der Waals surface area contributed by atoms with E-state index >= 15 is 0 Å². The molecule has 0 fully saturated rings. The van der Waals surface area contributed by atoms with Crippen LogP contribution < -0.4 is 10.1 Å². The van der Waals surface area contributed by atoms with Crippen LogP contribution in [0.1, 0.15) is 17.4 Å². The highest BCUT2D eigenvalue weighted by atomic mass is 79.9. The molecule has 5 heteroatoms. The second-order valence-corrected chi connectivity index (χ2v) is 5.57. The quantitative estimate of drug-likeness (QED) is 0.903. The lowest BCUT2D eigenvalue weighted by Gasteiger charge is -2.05. The molecule has 0 spiro atoms. The monoisotopic (exact) mass is 326 g/mol. The molecule has 0 bridgehead atoms. The third-order valence-electron chi connectivity index (χ3n) is 2.44. The molecular formula is C13H15BrN2OS. The zero-order chi connectivity index (χ0) is 13.0. The summed E-state index contributed by atoms with van der Waals surface area (Å²) in [5, 5.41) is 3.99. The number of ether oxygens (including phenoxy) is 1. The molecule has 0 aliphatic rings. The van der Waals surface area contributed by atoms with Crippen molar-refractivity contribution in [3.8, 4) is 5.75 Å². The first-order valence-corrected chi connectivity index (χ1v) is 7.38. The number of aromatic nitrogens is 1. The first-order chi connectivity index (χ1) is 8.72. The maximum Gasteiger partial charge on any atom is 0.183 e. The van der Waals surface area contributed by atoms with E-state index in [1.807, 2.05) is 26.1 Å². The van der Waals surface area contributed by atoms with Gasteiger partial charge in [-0.1, -0.05) is 12.1 Å². The number of nitrogens with zero attached hydrogens (tertiary/aromatic N) is 1. The van der Waals surface area contributed by atoms with Gasteiger partial charge in [-0.05, 0) is 40.5 Å². The summed E-state index contributed by atoms with van der Waals surface area (Å²) in [4.78, 5) is 5.59. The Labute approximate surface area is 119 Å². The number of hydrogen-bond donors (Lipinski definition) is 1. The van der Waals surface area contributed by atoms with Gasteiger partial charge in [0.2, 0.25) is 0 Å². The summed E-state index contributed by atoms with van der Waals surface area (Å²) >= 11 is 5.16. The van der Waals surface area contributed by atoms with Gasteiger partial charge in [0, 0.05) is 18.3 Å². The molecule has 2 rings (SSSR count). The van der Waals surface area contributed by atoms with Crippen LogP contribution in [0.5, 0.6) is 5.75 Å². The van der Waals surface area contributed by atoms with Gasteiger partial charge < -0.3 is 10.1 Å². The molecular weight excluding hydrogens is 312 g/mol. The Morgan fingerprint density at radius 2 is 2.28 bits per heavy atom. The van der Waals surface area contributed by atoms with Crippen LogP contribution in [0, 0.1) is 0 Å². The third kappa shape index (κ3) is 3.23. The van der Waals surface area contributed by atoms with Gasteiger partial charge in [-0.15, -0.1) is 11.3 Å². The third-order valence-corrected chi connectivity index (χ3v) is 4.43. The van der Waals surface area contributed by atoms with Gasteiger partial charge >= 0.3 is 0 Å². The van der Waals surface area contributed by atoms with Gasteiger partial charge in [0.05, 0.1) is 6.61 Å². The molecule has 96 valence electrons. The summed E-state index contributed by atoms with van der Waals surface area (Å²) < 4.78 is 6.42. The van der Waals surface area contributed by atoms with Crippen molar-refractivity contribution in [3.63, 3.8) is 0 Å². The van der Waals surface area contributed by atoms with Gasteiger partial charge in [0.25, 0.3) is 0 Å². The molecule has 0 atom stereocenters. The number of thiazole rings is 1. The molecule has 1 N–H and O–H groups in total. The summed E-state index contributed by atoms with van der Waals surface area (Å²) in [6.07, 6.45) is 0.862. The topological polar surface area (TPSA) is 34.1 Å². The van der Waals surface area contributed by atoms with Crippen LogP contribution in [0.3, 0.4) is 0 Å². The SMILES string of the molecule is CCOc1cccc(Cc2sc(NC)nc2Br)c1. The Kier molecular flexibility index (Phi) is 4.60. The standard InChI is InChI=1S/C13H15BrN2OS/c1-3-17-10-6-4-5-9(7-10)8-11-12(14)16-13(15-2)18-11/h4-7H,3,8H2,1-2H3,(H,15,16). The van der Waals surface area contributed by atoms with E-state index in [1.54, 1.807) is 11.3 Å². The second-order valence-electron chi connectivity index (χ2n) is 3.74. The number of anilines is 1. The van der Waals surface area contributed by atoms with E-state index in [4.69, 9.17) is 4.74 Å². The second kappa shape index (κ2) is 6.20. The van der Waals surface area contributed by atoms with E-state index in [0.717, 1.165) is 21.9 Å². The van der Waals surface area contributed by atoms with Crippen LogP contribution in [-0.4, -0.2) is 18.6 Å². The largest absolute Gasteiger partial charge is 0.494 e. The lowest BCUT2D eigenvalue weighted by atomic mass is 10.1. The van der Waals surface area contributed by atoms with Crippen molar-refractivity contribution >= 4 is 32.4 Å². The van der Waals surface area contributed by atoms with Crippen LogP contribution >= 0.6 is 27.3 Å². The molecule has 0 amide bonds. The summed E-state index contributed by atoms with van der Waals surface area (Å²) in [6.45, 7) is 2.68. The highest BCUT2D eigenvalue weighted by Crippen LogP contribution is 2.29. The smallest absolute Gasteiger partial charge is 0.183 e. The first kappa shape index (κ1) is 13.4. The summed E-state index contributed by atoms with van der Waals surface area (Å²) in [6, 6.07) is 8.18. The van der Waals surface area contributed by atoms with Crippen molar-refractivity contribution in [3.05, 3.63) is 39.3 Å². The number of nitrogens with one attached hydrogen (secondary N) is 1. The number of rotatable bonds is 5. The van der Waals surface area contributed by atoms with E-state index in [9.17, 15) is 0 Å². The minimum atomic E-state index is 0.692. The zero-order valence-electron chi connectivity index (χ0n) is 10.4. The molecule has 1 aromatic heterocycles. The van der Waals surface area contributed by atoms with Crippen LogP contribution in [0.2, 0.25) is 0 Å². The fourth-order valence-corrected chi connectivity index (χ4v) is 3.17. The predicted molar refractivity (Wildman–Crippen MR) is 79.8 cm³/mol. The Balaban J connectivity index is 2.17. The maximum absolute atomic E-state index is 5.50. The lowest BCUT2D eigenvalue weighted by Crippen LogP contribution is -1.93. The Morgan fingerprint density at radius 1 is 1.44 bits per heavy atom. The first-order valence-electron chi connectivity index (χ1n) is 5.77. The van der Waals surface area contributed by atoms with E-state index < -0.39 is 0 Å². The van der Waals surface area contributed by atoms with Crippen LogP contribution in [0.15, 0.2) is 28.9 Å². The average molecular weight is 327 g/mol. The minimum absolute atomic E-state index is 0.692. The lowest BCUT2D eigenvalue weighted by molar-refractivity contribution is 0.340. The van der Waals surface area contributed by atoms with E-state index in [-0.39, 0.29) is 0 Å². The number of halogens is 1. The normalized spacial score (nSPS) is 10.4. The van der Waals surface area contributed by atoms with Crippen molar-refractivity contribution in [2.45, 2.75) is 13.3 Å². The number of hydrogen-bond acceptors (Lipinski definition) is 4. The fraction of sp³-hybridized carbons (Fsp3) is 0.308. The molecule has 2 aromatic rings. The summed E-state index contributed by atoms with van der Waals surface area (Å²) in [7, 11) is 1.88. The molecule has 3 nitrogen and oxygen atoms in total. The minimum Gasteiger partial charge on any atom is -0.494 e. The van der Waals surface area contributed by atoms with E-state index in [1.165, 1.54) is 10.4 Å². The molecule has 0 unspecified atom stereocenters. The predicted octanol–water partition coefficient (Wildman–Crippen LogP) is 3.94. The van der Waals surface area contributed by atoms with Crippen molar-refractivity contribution < 1.29 is 4.74 Å². The molecule has 0 aliphatic carbocycles. The fourth-order valence-electron chi connectivity index (χ4n) is 1.65. The molecule has 18 heavy (non-hydrogen) atoms. The number of benzene rings is 1. The molecule has 0 aliphatic heterocycles. The molecule has 1 heterocycles. The van der Waals surface area contributed by atoms with Gasteiger partial charge in [0.15, 0.2) is 5.13 Å². The Bertz CT molecular complexity index is 527. The van der Waals surface area contributed by atoms with Crippen molar-refractivity contribution in [2.75, 3.05) is 19.0 Å². The Morgan fingerprint density at radius 3 is 2.94 bits per heavy atom. The zero-order valence-corrected chi connectivity index (χ0v) is 12.8. The van der Waals surface area contributed by atoms with Crippen molar-refractivity contribution in [1.82, 2.24) is 4.98 Å². The van der Waals surface area contributed by atoms with Crippen LogP contribution in [0.25, 0.3) is 0 Å². The van der Waals surface area contributed by atoms with Crippen molar-refractivity contribution in [1.29, 1.82) is 0 Å². The van der Waals surface area contributed by atoms with E-state index in [2.05, 4.69) is 38.4 Å². The Hall–Kier alpha value is -1.07. The maximum atomic E-state index is 5.50. The van der Waals surface area contributed by atoms with Gasteiger partial charge in [-0.25, -0.2) is 4.98 Å². The summed E-state index contributed by atoms with van der Waals surface area (Å²) in [5.74, 6) is 0.921. The van der Waals surface area contributed by atoms with Crippen LogP contribution in [0.4, 0.5) is 5.13 Å². The molecule has 1 aromatic carbocycles. The molecule has 0 saturated heterocycles. The van der Waals surface area contributed by atoms with Gasteiger partial charge in [-0.3, -0.25) is 0 Å². The highest BCUT2D eigenvalue weighted by molar-refractivity contribution is 9.10. The van der Waals surface area contributed by atoms with Crippen LogP contribution in [-0.2, 0) is 6.42 Å². The van der Waals surface area contributed by atoms with Gasteiger partial charge in [0.1, 0.15) is 10.4 Å². The average Bonchev–Trinajstić information content (AvgIpc) is 2.71. The van der Waals surface area contributed by atoms with Crippen molar-refractivity contribution in [2.24, 2.45) is 0 Å². The molecule has 0 saturated carbocycles. The van der Waals surface area contributed by atoms with Gasteiger partial charge in [-0.2, -0.15) is 0 Å². The summed E-state index contributed by atoms with van der Waals surface area (Å²) in [5.41, 5.74) is 1.23. The van der Waals surface area contributed by atoms with E-state index in [0.29, 0.717) is 6.61 Å². The molecule has 0 radical (unpaired) electrons.